The normalized spacial score (nSPS) is 24.1. The van der Waals surface area contributed by atoms with Crippen molar-refractivity contribution in [2.24, 2.45) is 0 Å². The van der Waals surface area contributed by atoms with E-state index >= 15 is 0 Å². The minimum atomic E-state index is -0.892. The largest absolute Gasteiger partial charge is 0.497 e. The van der Waals surface area contributed by atoms with E-state index in [2.05, 4.69) is 5.32 Å². The minimum absolute atomic E-state index is 0.0587. The van der Waals surface area contributed by atoms with Crippen molar-refractivity contribution in [1.82, 2.24) is 5.32 Å². The van der Waals surface area contributed by atoms with Gasteiger partial charge in [-0.1, -0.05) is 6.42 Å². The number of rotatable bonds is 3. The van der Waals surface area contributed by atoms with Gasteiger partial charge in [0.1, 0.15) is 17.1 Å². The number of methoxy groups -OCH3 is 1. The van der Waals surface area contributed by atoms with Crippen LogP contribution < -0.4 is 10.1 Å². The van der Waals surface area contributed by atoms with E-state index in [0.29, 0.717) is 24.2 Å². The molecule has 1 aromatic rings. The summed E-state index contributed by atoms with van der Waals surface area (Å²) >= 11 is 0. The maximum absolute atomic E-state index is 14.0. The van der Waals surface area contributed by atoms with Crippen molar-refractivity contribution in [3.63, 3.8) is 0 Å². The van der Waals surface area contributed by atoms with E-state index < -0.39 is 5.54 Å². The summed E-state index contributed by atoms with van der Waals surface area (Å²) in [6.07, 6.45) is 2.93. The van der Waals surface area contributed by atoms with Gasteiger partial charge in [0.15, 0.2) is 5.78 Å². The van der Waals surface area contributed by atoms with Gasteiger partial charge in [0.05, 0.1) is 7.11 Å². The molecule has 98 valence electrons. The fourth-order valence-corrected chi connectivity index (χ4v) is 2.67. The second-order valence-electron chi connectivity index (χ2n) is 4.63. The lowest BCUT2D eigenvalue weighted by atomic mass is 9.75. The van der Waals surface area contributed by atoms with Gasteiger partial charge >= 0.3 is 0 Å². The first-order valence-corrected chi connectivity index (χ1v) is 6.20. The molecule has 1 aliphatic rings. The molecule has 1 fully saturated rings. The van der Waals surface area contributed by atoms with E-state index in [0.717, 1.165) is 12.8 Å². The molecule has 1 aliphatic carbocycles. The molecule has 1 saturated carbocycles. The molecule has 0 bridgehead atoms. The van der Waals surface area contributed by atoms with E-state index in [9.17, 15) is 9.18 Å². The molecule has 0 radical (unpaired) electrons. The highest BCUT2D eigenvalue weighted by atomic mass is 19.1. The lowest BCUT2D eigenvalue weighted by molar-refractivity contribution is -0.127. The Bertz CT molecular complexity index is 461. The number of nitrogens with one attached hydrogen (secondary N) is 1. The van der Waals surface area contributed by atoms with E-state index in [-0.39, 0.29) is 11.6 Å². The zero-order valence-electron chi connectivity index (χ0n) is 10.8. The molecule has 3 nitrogen and oxygen atoms in total. The number of ether oxygens (including phenoxy) is 1. The maximum Gasteiger partial charge on any atom is 0.157 e. The van der Waals surface area contributed by atoms with Crippen LogP contribution in [0.15, 0.2) is 18.2 Å². The molecule has 0 aliphatic heterocycles. The van der Waals surface area contributed by atoms with Crippen molar-refractivity contribution in [3.05, 3.63) is 29.6 Å². The summed E-state index contributed by atoms with van der Waals surface area (Å²) in [6.45, 7) is 0. The minimum Gasteiger partial charge on any atom is -0.497 e. The Hall–Kier alpha value is -1.42. The predicted octanol–water partition coefficient (Wildman–Crippen LogP) is 2.39. The van der Waals surface area contributed by atoms with Gasteiger partial charge < -0.3 is 10.1 Å². The third-order valence-corrected chi connectivity index (χ3v) is 3.74. The molecule has 0 amide bonds. The van der Waals surface area contributed by atoms with Crippen LogP contribution in [0.25, 0.3) is 0 Å². The van der Waals surface area contributed by atoms with Gasteiger partial charge in [0, 0.05) is 12.0 Å². The molecular weight excluding hydrogens is 233 g/mol. The van der Waals surface area contributed by atoms with Crippen LogP contribution in [0.3, 0.4) is 0 Å². The van der Waals surface area contributed by atoms with Crippen LogP contribution >= 0.6 is 0 Å². The van der Waals surface area contributed by atoms with Crippen LogP contribution in [-0.4, -0.2) is 19.9 Å². The van der Waals surface area contributed by atoms with E-state index in [1.54, 1.807) is 19.2 Å². The number of carbonyl (C=O) groups excluding carboxylic acids is 1. The summed E-state index contributed by atoms with van der Waals surface area (Å²) in [5.41, 5.74) is -0.495. The summed E-state index contributed by atoms with van der Waals surface area (Å²) in [4.78, 5) is 12.2. The average molecular weight is 251 g/mol. The monoisotopic (exact) mass is 251 g/mol. The smallest absolute Gasteiger partial charge is 0.157 e. The third kappa shape index (κ3) is 2.01. The van der Waals surface area contributed by atoms with Crippen LogP contribution in [0.2, 0.25) is 0 Å². The van der Waals surface area contributed by atoms with Crippen molar-refractivity contribution in [2.75, 3.05) is 14.2 Å². The number of halogens is 1. The first kappa shape index (κ1) is 13.0. The lowest BCUT2D eigenvalue weighted by Gasteiger charge is -2.36. The molecule has 0 heterocycles. The number of Topliss-reactive ketones (excluding diaryl/α,β-unsaturated/α-hetero) is 1. The zero-order valence-corrected chi connectivity index (χ0v) is 10.8. The molecule has 2 rings (SSSR count). The Morgan fingerprint density at radius 1 is 1.39 bits per heavy atom. The molecule has 4 heteroatoms. The van der Waals surface area contributed by atoms with Gasteiger partial charge in [-0.2, -0.15) is 0 Å². The molecule has 18 heavy (non-hydrogen) atoms. The van der Waals surface area contributed by atoms with Crippen LogP contribution in [0, 0.1) is 5.82 Å². The predicted molar refractivity (Wildman–Crippen MR) is 67.2 cm³/mol. The fourth-order valence-electron chi connectivity index (χ4n) is 2.67. The molecule has 0 saturated heterocycles. The fraction of sp³-hybridized carbons (Fsp3) is 0.500. The van der Waals surface area contributed by atoms with Gasteiger partial charge in [0.25, 0.3) is 0 Å². The number of benzene rings is 1. The SMILES string of the molecule is CN[C@@]1(c2cc(OC)ccc2F)CCCCC1=O. The number of hydrogen-bond acceptors (Lipinski definition) is 3. The van der Waals surface area contributed by atoms with Crippen molar-refractivity contribution < 1.29 is 13.9 Å². The average Bonchev–Trinajstić information content (AvgIpc) is 2.40. The molecule has 0 unspecified atom stereocenters. The molecular formula is C14H18FNO2. The van der Waals surface area contributed by atoms with Gasteiger partial charge in [0.2, 0.25) is 0 Å². The Kier molecular flexibility index (Phi) is 3.66. The van der Waals surface area contributed by atoms with E-state index in [4.69, 9.17) is 4.74 Å². The molecule has 1 atom stereocenters. The van der Waals surface area contributed by atoms with Crippen LogP contribution in [0.4, 0.5) is 4.39 Å². The first-order valence-electron chi connectivity index (χ1n) is 6.20. The molecule has 1 N–H and O–H groups in total. The van der Waals surface area contributed by atoms with Crippen molar-refractivity contribution in [2.45, 2.75) is 31.2 Å². The highest BCUT2D eigenvalue weighted by Gasteiger charge is 2.42. The zero-order chi connectivity index (χ0) is 13.2. The Balaban J connectivity index is 2.52. The Morgan fingerprint density at radius 3 is 2.78 bits per heavy atom. The van der Waals surface area contributed by atoms with Crippen LogP contribution in [-0.2, 0) is 10.3 Å². The topological polar surface area (TPSA) is 38.3 Å². The van der Waals surface area contributed by atoms with Gasteiger partial charge in [-0.3, -0.25) is 4.79 Å². The molecule has 1 aromatic carbocycles. The van der Waals surface area contributed by atoms with Crippen LogP contribution in [0.1, 0.15) is 31.2 Å². The van der Waals surface area contributed by atoms with Crippen molar-refractivity contribution in [1.29, 1.82) is 0 Å². The standard InChI is InChI=1S/C14H18FNO2/c1-16-14(8-4-3-5-13(14)17)11-9-10(18-2)6-7-12(11)15/h6-7,9,16H,3-5,8H2,1-2H3/t14-/m1/s1. The number of carbonyl (C=O) groups is 1. The van der Waals surface area contributed by atoms with Crippen molar-refractivity contribution >= 4 is 5.78 Å². The van der Waals surface area contributed by atoms with E-state index in [1.165, 1.54) is 13.2 Å². The van der Waals surface area contributed by atoms with Crippen molar-refractivity contribution in [3.8, 4) is 5.75 Å². The number of hydrogen-bond donors (Lipinski definition) is 1. The van der Waals surface area contributed by atoms with E-state index in [1.807, 2.05) is 0 Å². The van der Waals surface area contributed by atoms with Gasteiger partial charge in [-0.15, -0.1) is 0 Å². The summed E-state index contributed by atoms with van der Waals surface area (Å²) in [6, 6.07) is 4.54. The quantitative estimate of drug-likeness (QED) is 0.896. The first-order chi connectivity index (χ1) is 8.64. The number of likely N-dealkylation sites (N-methyl/N-ethyl adjacent to an activating group) is 1. The maximum atomic E-state index is 14.0. The third-order valence-electron chi connectivity index (χ3n) is 3.74. The molecule has 0 aromatic heterocycles. The molecule has 0 spiro atoms. The summed E-state index contributed by atoms with van der Waals surface area (Å²) in [5, 5.41) is 3.03. The highest BCUT2D eigenvalue weighted by Crippen LogP contribution is 2.36. The van der Waals surface area contributed by atoms with Gasteiger partial charge in [-0.25, -0.2) is 4.39 Å². The van der Waals surface area contributed by atoms with Crippen LogP contribution in [0.5, 0.6) is 5.75 Å². The number of ketones is 1. The van der Waals surface area contributed by atoms with Gasteiger partial charge in [-0.05, 0) is 38.1 Å². The lowest BCUT2D eigenvalue weighted by Crippen LogP contribution is -2.49. The Labute approximate surface area is 106 Å². The summed E-state index contributed by atoms with van der Waals surface area (Å²) < 4.78 is 19.2. The summed E-state index contributed by atoms with van der Waals surface area (Å²) in [5.74, 6) is 0.267. The summed E-state index contributed by atoms with van der Waals surface area (Å²) in [7, 11) is 3.24. The second kappa shape index (κ2) is 5.06. The second-order valence-corrected chi connectivity index (χ2v) is 4.63. The Morgan fingerprint density at radius 2 is 2.17 bits per heavy atom. The highest BCUT2D eigenvalue weighted by molar-refractivity contribution is 5.90.